The molecule has 1 heterocycles. The Bertz CT molecular complexity index is 1090. The van der Waals surface area contributed by atoms with Crippen LogP contribution in [0.25, 0.3) is 0 Å². The molecular weight excluding hydrogens is 418 g/mol. The standard InChI is InChI=1S/C21H23N5O4S/c1-13-9-14(2)11-16(10-13)30-15(3)20-23-24-21(25(20)4)31-12-19(27)22-17-7-5-6-8-18(17)26(28)29/h5-11,15H,12H2,1-4H3,(H,22,27). The zero-order valence-corrected chi connectivity index (χ0v) is 18.5. The van der Waals surface area contributed by atoms with Gasteiger partial charge in [-0.15, -0.1) is 10.2 Å². The topological polar surface area (TPSA) is 112 Å². The lowest BCUT2D eigenvalue weighted by atomic mass is 10.1. The van der Waals surface area contributed by atoms with E-state index in [2.05, 4.69) is 21.6 Å². The third kappa shape index (κ3) is 5.60. The predicted octanol–water partition coefficient (Wildman–Crippen LogP) is 4.21. The fraction of sp³-hybridized carbons (Fsp3) is 0.286. The molecule has 1 amide bonds. The summed E-state index contributed by atoms with van der Waals surface area (Å²) >= 11 is 1.19. The number of carbonyl (C=O) groups excluding carboxylic acids is 1. The molecule has 3 rings (SSSR count). The summed E-state index contributed by atoms with van der Waals surface area (Å²) in [6.07, 6.45) is -0.339. The van der Waals surface area contributed by atoms with Gasteiger partial charge in [-0.25, -0.2) is 0 Å². The molecule has 0 radical (unpaired) electrons. The van der Waals surface area contributed by atoms with Crippen molar-refractivity contribution in [3.8, 4) is 5.75 Å². The second-order valence-corrected chi connectivity index (χ2v) is 8.04. The van der Waals surface area contributed by atoms with Crippen LogP contribution in [0, 0.1) is 24.0 Å². The number of hydrogen-bond donors (Lipinski definition) is 1. The van der Waals surface area contributed by atoms with E-state index in [4.69, 9.17) is 4.74 Å². The lowest BCUT2D eigenvalue weighted by Gasteiger charge is -2.15. The minimum absolute atomic E-state index is 0.0321. The maximum atomic E-state index is 12.3. The number of ether oxygens (including phenoxy) is 1. The van der Waals surface area contributed by atoms with Crippen LogP contribution in [-0.2, 0) is 11.8 Å². The number of aromatic nitrogens is 3. The van der Waals surface area contributed by atoms with Crippen LogP contribution in [0.5, 0.6) is 5.75 Å². The van der Waals surface area contributed by atoms with Gasteiger partial charge in [0, 0.05) is 13.1 Å². The van der Waals surface area contributed by atoms with E-state index in [0.717, 1.165) is 16.9 Å². The highest BCUT2D eigenvalue weighted by Gasteiger charge is 2.19. The molecule has 1 aromatic heterocycles. The summed E-state index contributed by atoms with van der Waals surface area (Å²) in [6.45, 7) is 5.91. The van der Waals surface area contributed by atoms with Crippen molar-refractivity contribution in [3.05, 3.63) is 69.5 Å². The Hall–Kier alpha value is -3.40. The highest BCUT2D eigenvalue weighted by Crippen LogP contribution is 2.26. The van der Waals surface area contributed by atoms with Crippen LogP contribution < -0.4 is 10.1 Å². The fourth-order valence-corrected chi connectivity index (χ4v) is 3.84. The second-order valence-electron chi connectivity index (χ2n) is 7.09. The van der Waals surface area contributed by atoms with Crippen LogP contribution in [0.4, 0.5) is 11.4 Å². The number of thioether (sulfide) groups is 1. The van der Waals surface area contributed by atoms with E-state index in [1.165, 1.54) is 23.9 Å². The molecule has 0 saturated carbocycles. The molecule has 0 saturated heterocycles. The van der Waals surface area contributed by atoms with Crippen molar-refractivity contribution < 1.29 is 14.5 Å². The number of hydrogen-bond acceptors (Lipinski definition) is 7. The smallest absolute Gasteiger partial charge is 0.292 e. The highest BCUT2D eigenvalue weighted by atomic mass is 32.2. The Morgan fingerprint density at radius 2 is 1.90 bits per heavy atom. The molecule has 1 N–H and O–H groups in total. The number of aryl methyl sites for hydroxylation is 2. The van der Waals surface area contributed by atoms with Gasteiger partial charge in [0.25, 0.3) is 5.69 Å². The third-order valence-corrected chi connectivity index (χ3v) is 5.47. The van der Waals surface area contributed by atoms with Gasteiger partial charge in [-0.2, -0.15) is 0 Å². The maximum Gasteiger partial charge on any atom is 0.292 e. The van der Waals surface area contributed by atoms with Gasteiger partial charge < -0.3 is 14.6 Å². The first-order valence-corrected chi connectivity index (χ1v) is 10.5. The number of nitrogens with one attached hydrogen (secondary N) is 1. The Morgan fingerprint density at radius 1 is 1.23 bits per heavy atom. The molecule has 0 aliphatic rings. The first-order valence-electron chi connectivity index (χ1n) is 9.55. The predicted molar refractivity (Wildman–Crippen MR) is 118 cm³/mol. The lowest BCUT2D eigenvalue weighted by Crippen LogP contribution is -2.15. The fourth-order valence-electron chi connectivity index (χ4n) is 3.12. The van der Waals surface area contributed by atoms with E-state index in [1.54, 1.807) is 23.7 Å². The number of carbonyl (C=O) groups is 1. The Labute approximate surface area is 184 Å². The SMILES string of the molecule is Cc1cc(C)cc(OC(C)c2nnc(SCC(=O)Nc3ccccc3[N+](=O)[O-])n2C)c1. The molecule has 0 spiro atoms. The van der Waals surface area contributed by atoms with Crippen molar-refractivity contribution in [2.45, 2.75) is 32.0 Å². The van der Waals surface area contributed by atoms with Gasteiger partial charge in [0.15, 0.2) is 17.1 Å². The molecule has 9 nitrogen and oxygen atoms in total. The molecule has 0 aliphatic heterocycles. The van der Waals surface area contributed by atoms with Gasteiger partial charge in [-0.05, 0) is 50.1 Å². The quantitative estimate of drug-likeness (QED) is 0.316. The number of nitro groups is 1. The number of nitrogens with zero attached hydrogens (tertiary/aromatic N) is 4. The summed E-state index contributed by atoms with van der Waals surface area (Å²) in [5, 5.41) is 22.5. The Kier molecular flexibility index (Phi) is 6.91. The van der Waals surface area contributed by atoms with Gasteiger partial charge in [-0.1, -0.05) is 30.0 Å². The van der Waals surface area contributed by atoms with Gasteiger partial charge in [0.05, 0.1) is 10.7 Å². The minimum Gasteiger partial charge on any atom is -0.483 e. The van der Waals surface area contributed by atoms with Crippen LogP contribution in [0.1, 0.15) is 30.0 Å². The molecule has 3 aromatic rings. The molecule has 10 heteroatoms. The van der Waals surface area contributed by atoms with Crippen LogP contribution in [0.2, 0.25) is 0 Å². The average molecular weight is 442 g/mol. The molecular formula is C21H23N5O4S. The normalized spacial score (nSPS) is 11.7. The summed E-state index contributed by atoms with van der Waals surface area (Å²) in [7, 11) is 1.80. The zero-order valence-electron chi connectivity index (χ0n) is 17.7. The molecule has 0 bridgehead atoms. The summed E-state index contributed by atoms with van der Waals surface area (Å²) < 4.78 is 7.79. The molecule has 1 atom stereocenters. The zero-order chi connectivity index (χ0) is 22.5. The first-order chi connectivity index (χ1) is 14.7. The van der Waals surface area contributed by atoms with Crippen LogP contribution in [0.3, 0.4) is 0 Å². The number of rotatable bonds is 8. The average Bonchev–Trinajstić information content (AvgIpc) is 3.06. The van der Waals surface area contributed by atoms with Crippen molar-refractivity contribution >= 4 is 29.0 Å². The van der Waals surface area contributed by atoms with E-state index in [0.29, 0.717) is 11.0 Å². The van der Waals surface area contributed by atoms with Crippen molar-refractivity contribution in [2.75, 3.05) is 11.1 Å². The summed E-state index contributed by atoms with van der Waals surface area (Å²) in [6, 6.07) is 12.0. The molecule has 162 valence electrons. The minimum atomic E-state index is -0.533. The molecule has 1 unspecified atom stereocenters. The summed E-state index contributed by atoms with van der Waals surface area (Å²) in [5.74, 6) is 1.04. The Morgan fingerprint density at radius 3 is 2.58 bits per heavy atom. The lowest BCUT2D eigenvalue weighted by molar-refractivity contribution is -0.383. The van der Waals surface area contributed by atoms with Crippen molar-refractivity contribution in [2.24, 2.45) is 7.05 Å². The van der Waals surface area contributed by atoms with E-state index >= 15 is 0 Å². The second kappa shape index (κ2) is 9.61. The number of amides is 1. The largest absolute Gasteiger partial charge is 0.483 e. The molecule has 2 aromatic carbocycles. The van der Waals surface area contributed by atoms with Gasteiger partial charge in [0.1, 0.15) is 11.4 Å². The van der Waals surface area contributed by atoms with Crippen LogP contribution >= 0.6 is 11.8 Å². The van der Waals surface area contributed by atoms with E-state index in [9.17, 15) is 14.9 Å². The Balaban J connectivity index is 1.62. The monoisotopic (exact) mass is 441 g/mol. The van der Waals surface area contributed by atoms with Gasteiger partial charge >= 0.3 is 0 Å². The van der Waals surface area contributed by atoms with E-state index in [-0.39, 0.29) is 29.1 Å². The number of nitro benzene ring substituents is 1. The van der Waals surface area contributed by atoms with Crippen molar-refractivity contribution in [3.63, 3.8) is 0 Å². The maximum absolute atomic E-state index is 12.3. The number of anilines is 1. The van der Waals surface area contributed by atoms with E-state index < -0.39 is 4.92 Å². The van der Waals surface area contributed by atoms with Crippen LogP contribution in [-0.4, -0.2) is 31.3 Å². The molecule has 0 aliphatic carbocycles. The number of para-hydroxylation sites is 2. The third-order valence-electron chi connectivity index (χ3n) is 4.45. The van der Waals surface area contributed by atoms with Gasteiger partial charge in [-0.3, -0.25) is 14.9 Å². The molecule has 0 fully saturated rings. The number of benzene rings is 2. The summed E-state index contributed by atoms with van der Waals surface area (Å²) in [5.41, 5.74) is 2.23. The van der Waals surface area contributed by atoms with Gasteiger partial charge in [0.2, 0.25) is 5.91 Å². The highest BCUT2D eigenvalue weighted by molar-refractivity contribution is 7.99. The van der Waals surface area contributed by atoms with E-state index in [1.807, 2.05) is 32.9 Å². The van der Waals surface area contributed by atoms with Crippen molar-refractivity contribution in [1.82, 2.24) is 14.8 Å². The van der Waals surface area contributed by atoms with Crippen LogP contribution in [0.15, 0.2) is 47.6 Å². The molecule has 31 heavy (non-hydrogen) atoms. The van der Waals surface area contributed by atoms with Crippen molar-refractivity contribution in [1.29, 1.82) is 0 Å². The first kappa shape index (κ1) is 22.3. The summed E-state index contributed by atoms with van der Waals surface area (Å²) in [4.78, 5) is 22.8.